The van der Waals surface area contributed by atoms with Crippen LogP contribution in [0.3, 0.4) is 0 Å². The van der Waals surface area contributed by atoms with Gasteiger partial charge in [-0.1, -0.05) is 238 Å². The topological polar surface area (TPSA) is 108 Å². The van der Waals surface area contributed by atoms with Gasteiger partial charge in [0.25, 0.3) is 6.29 Å². The Labute approximate surface area is 408 Å². The van der Waals surface area contributed by atoms with Crippen LogP contribution in [0, 0.1) is 0 Å². The molecule has 0 rings (SSSR count). The van der Waals surface area contributed by atoms with E-state index in [1.807, 2.05) is 21.1 Å². The number of hydrogen-bond donors (Lipinski definition) is 1. The smallest absolute Gasteiger partial charge is 0.361 e. The number of ether oxygens (including phenoxy) is 4. The lowest BCUT2D eigenvalue weighted by Gasteiger charge is -2.25. The molecule has 0 aromatic rings. The van der Waals surface area contributed by atoms with E-state index in [0.717, 1.165) is 38.5 Å². The van der Waals surface area contributed by atoms with E-state index >= 15 is 0 Å². The number of carboxylic acid groups (broad SMARTS) is 1. The highest BCUT2D eigenvalue weighted by molar-refractivity contribution is 5.71. The lowest BCUT2D eigenvalue weighted by molar-refractivity contribution is -0.870. The van der Waals surface area contributed by atoms with E-state index in [0.29, 0.717) is 17.4 Å². The lowest BCUT2D eigenvalue weighted by atomic mass is 10.0. The number of rotatable bonds is 53. The number of hydrogen-bond acceptors (Lipinski definition) is 7. The Morgan fingerprint density at radius 1 is 0.439 bits per heavy atom. The second kappa shape index (κ2) is 49.5. The van der Waals surface area contributed by atoms with Crippen LogP contribution in [0.4, 0.5) is 0 Å². The Balaban J connectivity index is 3.84. The van der Waals surface area contributed by atoms with Gasteiger partial charge in [-0.3, -0.25) is 9.59 Å². The van der Waals surface area contributed by atoms with Crippen LogP contribution in [0.1, 0.15) is 277 Å². The van der Waals surface area contributed by atoms with E-state index < -0.39 is 24.3 Å². The van der Waals surface area contributed by atoms with Crippen LogP contribution in [-0.2, 0) is 33.3 Å². The molecular weight excluding hydrogens is 827 g/mol. The number of esters is 2. The molecule has 0 aliphatic carbocycles. The Kier molecular flexibility index (Phi) is 48.0. The maximum absolute atomic E-state index is 12.8. The fraction of sp³-hybridized carbons (Fsp3) is 0.912. The van der Waals surface area contributed by atoms with Crippen LogP contribution >= 0.6 is 0 Å². The first-order valence-electron chi connectivity index (χ1n) is 28.4. The van der Waals surface area contributed by atoms with Crippen molar-refractivity contribution in [1.29, 1.82) is 0 Å². The number of unbranched alkanes of at least 4 members (excludes halogenated alkanes) is 36. The predicted octanol–water partition coefficient (Wildman–Crippen LogP) is 16.2. The summed E-state index contributed by atoms with van der Waals surface area (Å²) in [5, 5.41) is 9.62. The van der Waals surface area contributed by atoms with Crippen molar-refractivity contribution >= 4 is 17.9 Å². The summed E-state index contributed by atoms with van der Waals surface area (Å²) < 4.78 is 22.7. The summed E-state index contributed by atoms with van der Waals surface area (Å²) in [4.78, 5) is 37.0. The van der Waals surface area contributed by atoms with Crippen molar-refractivity contribution in [3.8, 4) is 0 Å². The first-order valence-corrected chi connectivity index (χ1v) is 28.4. The van der Waals surface area contributed by atoms with Gasteiger partial charge in [0.2, 0.25) is 0 Å². The zero-order valence-electron chi connectivity index (χ0n) is 44.4. The van der Waals surface area contributed by atoms with E-state index in [-0.39, 0.29) is 32.2 Å². The van der Waals surface area contributed by atoms with Crippen molar-refractivity contribution in [2.24, 2.45) is 0 Å². The number of nitrogens with zero attached hydrogens (tertiary/aromatic N) is 1. The van der Waals surface area contributed by atoms with Gasteiger partial charge >= 0.3 is 17.9 Å². The molecule has 2 atom stereocenters. The van der Waals surface area contributed by atoms with E-state index in [1.54, 1.807) is 0 Å². The standard InChI is InChI=1S/C57H109NO8/c1-6-8-10-12-14-15-16-17-18-19-20-21-22-23-24-25-26-27-28-29-30-31-32-33-34-35-36-37-38-39-40-41-42-44-46-48-55(60)66-53(51-64-54(59)47-45-43-13-11-9-7-2)52-65-57(56(61)62)63-50-49-58(3,4)5/h19-20,53,57H,6-18,21-52H2,1-5H3/p+1/b20-19-. The highest BCUT2D eigenvalue weighted by atomic mass is 16.7. The van der Waals surface area contributed by atoms with Crippen LogP contribution in [-0.4, -0.2) is 87.4 Å². The number of likely N-dealkylation sites (N-methyl/N-ethyl adjacent to an activating group) is 1. The van der Waals surface area contributed by atoms with E-state index in [2.05, 4.69) is 26.0 Å². The molecule has 0 aromatic carbocycles. The molecule has 0 heterocycles. The summed E-state index contributed by atoms with van der Waals surface area (Å²) in [6, 6.07) is 0. The minimum Gasteiger partial charge on any atom is -0.477 e. The van der Waals surface area contributed by atoms with Gasteiger partial charge in [0.15, 0.2) is 6.10 Å². The van der Waals surface area contributed by atoms with Crippen molar-refractivity contribution in [2.45, 2.75) is 289 Å². The molecule has 0 spiro atoms. The zero-order valence-corrected chi connectivity index (χ0v) is 44.4. The molecule has 9 nitrogen and oxygen atoms in total. The van der Waals surface area contributed by atoms with Gasteiger partial charge in [-0.15, -0.1) is 0 Å². The molecule has 2 unspecified atom stereocenters. The Morgan fingerprint density at radius 2 is 0.773 bits per heavy atom. The summed E-state index contributed by atoms with van der Waals surface area (Å²) in [6.45, 7) is 4.84. The van der Waals surface area contributed by atoms with Crippen molar-refractivity contribution in [1.82, 2.24) is 0 Å². The first kappa shape index (κ1) is 64.0. The molecule has 390 valence electrons. The fourth-order valence-corrected chi connectivity index (χ4v) is 8.36. The molecule has 0 radical (unpaired) electrons. The Hall–Kier alpha value is -1.97. The minimum atomic E-state index is -1.50. The molecule has 0 aliphatic heterocycles. The molecule has 0 aromatic heterocycles. The monoisotopic (exact) mass is 937 g/mol. The third-order valence-electron chi connectivity index (χ3n) is 12.8. The molecule has 9 heteroatoms. The zero-order chi connectivity index (χ0) is 48.4. The normalized spacial score (nSPS) is 12.8. The minimum absolute atomic E-state index is 0.176. The first-order chi connectivity index (χ1) is 32.1. The largest absolute Gasteiger partial charge is 0.477 e. The highest BCUT2D eigenvalue weighted by Gasteiger charge is 2.25. The third kappa shape index (κ3) is 49.9. The van der Waals surface area contributed by atoms with Crippen molar-refractivity contribution in [2.75, 3.05) is 47.5 Å². The predicted molar refractivity (Wildman–Crippen MR) is 277 cm³/mol. The van der Waals surface area contributed by atoms with Gasteiger partial charge in [-0.05, 0) is 38.5 Å². The second-order valence-electron chi connectivity index (χ2n) is 20.6. The number of quaternary nitrogens is 1. The van der Waals surface area contributed by atoms with Gasteiger partial charge in [-0.25, -0.2) is 4.79 Å². The van der Waals surface area contributed by atoms with Gasteiger partial charge < -0.3 is 28.5 Å². The summed E-state index contributed by atoms with van der Waals surface area (Å²) >= 11 is 0. The van der Waals surface area contributed by atoms with Gasteiger partial charge in [-0.2, -0.15) is 0 Å². The molecule has 0 saturated carbocycles. The molecule has 66 heavy (non-hydrogen) atoms. The van der Waals surface area contributed by atoms with Crippen LogP contribution in [0.5, 0.6) is 0 Å². The summed E-state index contributed by atoms with van der Waals surface area (Å²) in [5.74, 6) is -2.00. The molecular formula is C57H110NO8+. The number of allylic oxidation sites excluding steroid dienone is 2. The van der Waals surface area contributed by atoms with Gasteiger partial charge in [0.1, 0.15) is 13.2 Å². The molecule has 0 aliphatic rings. The highest BCUT2D eigenvalue weighted by Crippen LogP contribution is 2.17. The molecule has 0 amide bonds. The molecule has 0 fully saturated rings. The summed E-state index contributed by atoms with van der Waals surface area (Å²) in [7, 11) is 5.96. The second-order valence-corrected chi connectivity index (χ2v) is 20.6. The number of carboxylic acids is 1. The number of carbonyl (C=O) groups is 3. The Bertz CT molecular complexity index is 1090. The van der Waals surface area contributed by atoms with E-state index in [1.165, 1.54) is 212 Å². The Morgan fingerprint density at radius 3 is 1.12 bits per heavy atom. The average Bonchev–Trinajstić information content (AvgIpc) is 3.28. The van der Waals surface area contributed by atoms with Gasteiger partial charge in [0, 0.05) is 12.8 Å². The quantitative estimate of drug-likeness (QED) is 0.0211. The van der Waals surface area contributed by atoms with E-state index in [9.17, 15) is 19.5 Å². The van der Waals surface area contributed by atoms with Crippen LogP contribution in [0.2, 0.25) is 0 Å². The van der Waals surface area contributed by atoms with Crippen LogP contribution < -0.4 is 0 Å². The molecule has 1 N–H and O–H groups in total. The van der Waals surface area contributed by atoms with Crippen LogP contribution in [0.15, 0.2) is 12.2 Å². The maximum atomic E-state index is 12.8. The number of aliphatic carboxylic acids is 1. The average molecular weight is 938 g/mol. The number of carbonyl (C=O) groups excluding carboxylic acids is 2. The van der Waals surface area contributed by atoms with E-state index in [4.69, 9.17) is 18.9 Å². The van der Waals surface area contributed by atoms with Crippen molar-refractivity contribution < 1.29 is 42.9 Å². The van der Waals surface area contributed by atoms with Crippen LogP contribution in [0.25, 0.3) is 0 Å². The SMILES string of the molecule is CCCCCCCCCC/C=C\CCCCCCCCCCCCCCCCCCCCCCCCCC(=O)OC(COC(=O)CCCCCCCC)COC(OCC[N+](C)(C)C)C(=O)O. The molecule has 0 bridgehead atoms. The van der Waals surface area contributed by atoms with Gasteiger partial charge in [0.05, 0.1) is 34.4 Å². The third-order valence-corrected chi connectivity index (χ3v) is 12.8. The fourth-order valence-electron chi connectivity index (χ4n) is 8.36. The molecule has 0 saturated heterocycles. The van der Waals surface area contributed by atoms with Crippen molar-refractivity contribution in [3.05, 3.63) is 12.2 Å². The summed E-state index contributed by atoms with van der Waals surface area (Å²) in [6.07, 6.45) is 53.6. The summed E-state index contributed by atoms with van der Waals surface area (Å²) in [5.41, 5.74) is 0. The van der Waals surface area contributed by atoms with Crippen molar-refractivity contribution in [3.63, 3.8) is 0 Å². The maximum Gasteiger partial charge on any atom is 0.361 e. The lowest BCUT2D eigenvalue weighted by Crippen LogP contribution is -2.40.